The number of nitrogens with one attached hydrogen (secondary N) is 2. The van der Waals surface area contributed by atoms with Crippen molar-refractivity contribution in [3.8, 4) is 5.75 Å². The second-order valence-corrected chi connectivity index (χ2v) is 9.92. The summed E-state index contributed by atoms with van der Waals surface area (Å²) in [6.45, 7) is 7.21. The molecule has 0 saturated carbocycles. The van der Waals surface area contributed by atoms with Crippen LogP contribution >= 0.6 is 0 Å². The van der Waals surface area contributed by atoms with E-state index in [1.165, 1.54) is 6.08 Å². The zero-order valence-corrected chi connectivity index (χ0v) is 23.7. The number of aromatic nitrogens is 2. The van der Waals surface area contributed by atoms with Gasteiger partial charge in [-0.05, 0) is 44.8 Å². The SMILES string of the molecule is C=CC(=O)Nc1cc(Nc2nccc(N3C=CC(=O)C4C(CC)=CC=CC43)n2)c(OC)cc1N(C)CCN(C)C. The molecule has 10 heteroatoms. The van der Waals surface area contributed by atoms with Crippen LogP contribution in [0.5, 0.6) is 5.75 Å². The van der Waals surface area contributed by atoms with Gasteiger partial charge in [-0.1, -0.05) is 37.3 Å². The first-order valence-corrected chi connectivity index (χ1v) is 13.2. The Bertz CT molecular complexity index is 1370. The number of methoxy groups -OCH3 is 1. The maximum absolute atomic E-state index is 12.7. The van der Waals surface area contributed by atoms with Gasteiger partial charge in [0.1, 0.15) is 11.6 Å². The number of ether oxygens (including phenoxy) is 1. The molecule has 0 fully saturated rings. The average molecular weight is 544 g/mol. The summed E-state index contributed by atoms with van der Waals surface area (Å²) in [5, 5.41) is 6.16. The molecular weight excluding hydrogens is 506 g/mol. The zero-order chi connectivity index (χ0) is 28.8. The van der Waals surface area contributed by atoms with Crippen molar-refractivity contribution < 1.29 is 14.3 Å². The number of carbonyl (C=O) groups excluding carboxylic acids is 2. The lowest BCUT2D eigenvalue weighted by molar-refractivity contribution is -0.117. The maximum atomic E-state index is 12.7. The molecule has 0 saturated heterocycles. The molecule has 1 amide bonds. The molecule has 2 aromatic rings. The van der Waals surface area contributed by atoms with E-state index in [9.17, 15) is 9.59 Å². The molecule has 1 aromatic carbocycles. The van der Waals surface area contributed by atoms with Crippen molar-refractivity contribution in [2.24, 2.45) is 5.92 Å². The fourth-order valence-electron chi connectivity index (χ4n) is 4.83. The van der Waals surface area contributed by atoms with Gasteiger partial charge in [0.2, 0.25) is 11.9 Å². The molecule has 2 N–H and O–H groups in total. The van der Waals surface area contributed by atoms with Crippen LogP contribution in [0, 0.1) is 5.92 Å². The molecule has 2 atom stereocenters. The van der Waals surface area contributed by atoms with E-state index in [1.54, 1.807) is 31.6 Å². The lowest BCUT2D eigenvalue weighted by Gasteiger charge is -2.38. The van der Waals surface area contributed by atoms with Gasteiger partial charge in [-0.3, -0.25) is 9.59 Å². The predicted octanol–water partition coefficient (Wildman–Crippen LogP) is 4.14. The first-order valence-electron chi connectivity index (χ1n) is 13.2. The van der Waals surface area contributed by atoms with Crippen molar-refractivity contribution in [3.63, 3.8) is 0 Å². The molecule has 10 nitrogen and oxygen atoms in total. The number of carbonyl (C=O) groups is 2. The van der Waals surface area contributed by atoms with Crippen LogP contribution in [-0.2, 0) is 9.59 Å². The fraction of sp³-hybridized carbons (Fsp3) is 0.333. The Labute approximate surface area is 235 Å². The van der Waals surface area contributed by atoms with Crippen LogP contribution in [0.2, 0.25) is 0 Å². The monoisotopic (exact) mass is 543 g/mol. The lowest BCUT2D eigenvalue weighted by Crippen LogP contribution is -2.44. The van der Waals surface area contributed by atoms with Crippen LogP contribution in [0.25, 0.3) is 0 Å². The first kappa shape index (κ1) is 28.6. The van der Waals surface area contributed by atoms with Crippen LogP contribution in [-0.4, -0.2) is 73.9 Å². The summed E-state index contributed by atoms with van der Waals surface area (Å²) >= 11 is 0. The van der Waals surface area contributed by atoms with Crippen LogP contribution in [0.15, 0.2) is 73.1 Å². The Morgan fingerprint density at radius 2 is 2.02 bits per heavy atom. The molecule has 2 unspecified atom stereocenters. The number of rotatable bonds is 11. The molecule has 1 aliphatic carbocycles. The van der Waals surface area contributed by atoms with Crippen molar-refractivity contribution in [2.45, 2.75) is 19.4 Å². The van der Waals surface area contributed by atoms with E-state index in [2.05, 4.69) is 38.9 Å². The number of ketones is 1. The van der Waals surface area contributed by atoms with Gasteiger partial charge in [0, 0.05) is 38.6 Å². The molecule has 0 radical (unpaired) electrons. The van der Waals surface area contributed by atoms with Gasteiger partial charge < -0.3 is 30.1 Å². The van der Waals surface area contributed by atoms with E-state index in [0.717, 1.165) is 30.8 Å². The van der Waals surface area contributed by atoms with Crippen molar-refractivity contribution in [1.29, 1.82) is 0 Å². The Balaban J connectivity index is 1.66. The highest BCUT2D eigenvalue weighted by atomic mass is 16.5. The van der Waals surface area contributed by atoms with Crippen LogP contribution in [0.4, 0.5) is 28.8 Å². The zero-order valence-electron chi connectivity index (χ0n) is 23.7. The molecular formula is C30H37N7O3. The number of allylic oxidation sites excluding steroid dienone is 3. The molecule has 0 bridgehead atoms. The maximum Gasteiger partial charge on any atom is 0.247 e. The summed E-state index contributed by atoms with van der Waals surface area (Å²) in [5.41, 5.74) is 3.08. The molecule has 2 heterocycles. The Morgan fingerprint density at radius 3 is 2.73 bits per heavy atom. The minimum atomic E-state index is -0.321. The van der Waals surface area contributed by atoms with Crippen LogP contribution in [0.1, 0.15) is 13.3 Å². The topological polar surface area (TPSA) is 103 Å². The molecule has 2 aliphatic rings. The largest absolute Gasteiger partial charge is 0.494 e. The Morgan fingerprint density at radius 1 is 1.23 bits per heavy atom. The molecule has 40 heavy (non-hydrogen) atoms. The van der Waals surface area contributed by atoms with Gasteiger partial charge >= 0.3 is 0 Å². The second-order valence-electron chi connectivity index (χ2n) is 9.92. The third-order valence-corrected chi connectivity index (χ3v) is 7.00. The summed E-state index contributed by atoms with van der Waals surface area (Å²) in [6.07, 6.45) is 13.2. The summed E-state index contributed by atoms with van der Waals surface area (Å²) in [4.78, 5) is 40.3. The number of anilines is 5. The van der Waals surface area contributed by atoms with E-state index in [1.807, 2.05) is 56.4 Å². The summed E-state index contributed by atoms with van der Waals surface area (Å²) in [7, 11) is 7.58. The predicted molar refractivity (Wildman–Crippen MR) is 160 cm³/mol. The number of hydrogen-bond donors (Lipinski definition) is 2. The highest BCUT2D eigenvalue weighted by Gasteiger charge is 2.36. The Kier molecular flexibility index (Phi) is 9.00. The smallest absolute Gasteiger partial charge is 0.247 e. The number of amides is 1. The quantitative estimate of drug-likeness (QED) is 0.405. The number of hydrogen-bond acceptors (Lipinski definition) is 9. The molecule has 1 aliphatic heterocycles. The van der Waals surface area contributed by atoms with Crippen molar-refractivity contribution >= 4 is 40.5 Å². The second kappa shape index (κ2) is 12.6. The van der Waals surface area contributed by atoms with Crippen LogP contribution in [0.3, 0.4) is 0 Å². The van der Waals surface area contributed by atoms with E-state index < -0.39 is 0 Å². The third kappa shape index (κ3) is 6.23. The lowest BCUT2D eigenvalue weighted by atomic mass is 9.80. The number of fused-ring (bicyclic) bond motifs is 1. The molecule has 4 rings (SSSR count). The molecule has 0 spiro atoms. The van der Waals surface area contributed by atoms with Crippen LogP contribution < -0.4 is 25.2 Å². The van der Waals surface area contributed by atoms with Gasteiger partial charge in [0.15, 0.2) is 5.78 Å². The highest BCUT2D eigenvalue weighted by Crippen LogP contribution is 2.38. The van der Waals surface area contributed by atoms with Gasteiger partial charge in [-0.25, -0.2) is 4.98 Å². The van der Waals surface area contributed by atoms with Gasteiger partial charge in [-0.15, -0.1) is 0 Å². The first-order chi connectivity index (χ1) is 19.2. The summed E-state index contributed by atoms with van der Waals surface area (Å²) in [6, 6.07) is 5.33. The number of benzene rings is 1. The number of nitrogens with zero attached hydrogens (tertiary/aromatic N) is 5. The standard InChI is InChI=1S/C30H37N7O3/c1-7-20-10-9-11-23-29(20)25(38)13-15-37(23)27-12-14-31-30(34-27)33-22-18-21(32-28(39)8-2)24(19-26(22)40-6)36(5)17-16-35(3)4/h8-15,18-19,23,29H,2,7,16-17H2,1,3-6H3,(H,32,39)(H,31,33,34). The highest BCUT2D eigenvalue weighted by molar-refractivity contribution is 6.02. The minimum absolute atomic E-state index is 0.0978. The van der Waals surface area contributed by atoms with Gasteiger partial charge in [-0.2, -0.15) is 4.98 Å². The Hall–Kier alpha value is -4.44. The molecule has 210 valence electrons. The third-order valence-electron chi connectivity index (χ3n) is 7.00. The average Bonchev–Trinajstić information content (AvgIpc) is 2.96. The van der Waals surface area contributed by atoms with Crippen molar-refractivity contribution in [1.82, 2.24) is 14.9 Å². The summed E-state index contributed by atoms with van der Waals surface area (Å²) in [5.74, 6) is 1.10. The van der Waals surface area contributed by atoms with Gasteiger partial charge in [0.25, 0.3) is 0 Å². The van der Waals surface area contributed by atoms with E-state index in [0.29, 0.717) is 28.9 Å². The number of likely N-dealkylation sites (N-methyl/N-ethyl adjacent to an activating group) is 2. The molecule has 1 aromatic heterocycles. The van der Waals surface area contributed by atoms with Crippen molar-refractivity contribution in [3.05, 3.63) is 73.1 Å². The fourth-order valence-corrected chi connectivity index (χ4v) is 4.83. The van der Waals surface area contributed by atoms with Gasteiger partial charge in [0.05, 0.1) is 36.1 Å². The van der Waals surface area contributed by atoms with Crippen molar-refractivity contribution in [2.75, 3.05) is 61.8 Å². The summed E-state index contributed by atoms with van der Waals surface area (Å²) < 4.78 is 5.71. The van der Waals surface area contributed by atoms with E-state index in [4.69, 9.17) is 9.72 Å². The van der Waals surface area contributed by atoms with E-state index >= 15 is 0 Å². The van der Waals surface area contributed by atoms with E-state index in [-0.39, 0.29) is 23.7 Å². The minimum Gasteiger partial charge on any atom is -0.494 e. The normalized spacial score (nSPS) is 17.8.